The summed E-state index contributed by atoms with van der Waals surface area (Å²) in [6.07, 6.45) is -3.50. The minimum absolute atomic E-state index is 0.0821. The molecule has 7 heteroatoms. The van der Waals surface area contributed by atoms with Gasteiger partial charge in [-0.05, 0) is 24.3 Å². The number of nitrogens with one attached hydrogen (secondary N) is 1. The second-order valence-corrected chi connectivity index (χ2v) is 5.55. The molecule has 3 heterocycles. The summed E-state index contributed by atoms with van der Waals surface area (Å²) in [6, 6.07) is 1.56. The number of rotatable bonds is 3. The lowest BCUT2D eigenvalue weighted by atomic mass is 10.0. The van der Waals surface area contributed by atoms with E-state index in [-0.39, 0.29) is 6.42 Å². The molecule has 1 aromatic rings. The van der Waals surface area contributed by atoms with Crippen molar-refractivity contribution in [3.63, 3.8) is 0 Å². The van der Waals surface area contributed by atoms with Gasteiger partial charge in [-0.3, -0.25) is 0 Å². The van der Waals surface area contributed by atoms with E-state index in [0.717, 1.165) is 26.2 Å². The van der Waals surface area contributed by atoms with E-state index in [1.54, 1.807) is 12.3 Å². The summed E-state index contributed by atoms with van der Waals surface area (Å²) < 4.78 is 36.7. The van der Waals surface area contributed by atoms with Crippen LogP contribution in [-0.2, 0) is 6.42 Å². The molecule has 0 aliphatic carbocycles. The molecule has 0 radical (unpaired) electrons. The molecular formula is C13H17F3N4. The second kappa shape index (κ2) is 5.20. The van der Waals surface area contributed by atoms with Crippen LogP contribution < -0.4 is 10.2 Å². The molecule has 0 aromatic carbocycles. The molecule has 2 aliphatic heterocycles. The van der Waals surface area contributed by atoms with Crippen molar-refractivity contribution < 1.29 is 13.2 Å². The van der Waals surface area contributed by atoms with Crippen LogP contribution >= 0.6 is 0 Å². The van der Waals surface area contributed by atoms with Gasteiger partial charge in [0, 0.05) is 44.5 Å². The van der Waals surface area contributed by atoms with Gasteiger partial charge in [0.15, 0.2) is 0 Å². The number of aryl methyl sites for hydroxylation is 1. The van der Waals surface area contributed by atoms with Gasteiger partial charge in [0.05, 0.1) is 0 Å². The van der Waals surface area contributed by atoms with Crippen molar-refractivity contribution in [2.75, 3.05) is 31.1 Å². The molecule has 1 aromatic heterocycles. The number of hydrogen-bond acceptors (Lipinski definition) is 4. The second-order valence-electron chi connectivity index (χ2n) is 5.55. The standard InChI is InChI=1S/C13H17F3N4/c14-13(15,16)3-1-11-2-4-18-12(19-11)20-7-9-5-17-6-10(9)8-20/h2,4,9-10,17H,1,3,5-8H2/t9-,10+. The highest BCUT2D eigenvalue weighted by molar-refractivity contribution is 5.33. The monoisotopic (exact) mass is 286 g/mol. The van der Waals surface area contributed by atoms with Crippen molar-refractivity contribution in [2.45, 2.75) is 19.0 Å². The van der Waals surface area contributed by atoms with E-state index in [2.05, 4.69) is 20.2 Å². The molecular weight excluding hydrogens is 269 g/mol. The molecule has 0 spiro atoms. The Morgan fingerprint density at radius 2 is 1.95 bits per heavy atom. The minimum atomic E-state index is -4.14. The zero-order chi connectivity index (χ0) is 14.2. The van der Waals surface area contributed by atoms with E-state index in [4.69, 9.17) is 0 Å². The molecule has 0 unspecified atom stereocenters. The minimum Gasteiger partial charge on any atom is -0.340 e. The Kier molecular flexibility index (Phi) is 3.54. The predicted octanol–water partition coefficient (Wildman–Crippen LogP) is 1.63. The maximum absolute atomic E-state index is 12.2. The molecule has 20 heavy (non-hydrogen) atoms. The van der Waals surface area contributed by atoms with Crippen molar-refractivity contribution >= 4 is 5.95 Å². The molecule has 2 aliphatic rings. The first kappa shape index (κ1) is 13.6. The number of halogens is 3. The van der Waals surface area contributed by atoms with Crippen LogP contribution in [0.15, 0.2) is 12.3 Å². The highest BCUT2D eigenvalue weighted by atomic mass is 19.4. The third-order valence-corrected chi connectivity index (χ3v) is 4.04. The molecule has 110 valence electrons. The predicted molar refractivity (Wildman–Crippen MR) is 68.5 cm³/mol. The smallest absolute Gasteiger partial charge is 0.340 e. The summed E-state index contributed by atoms with van der Waals surface area (Å²) >= 11 is 0. The zero-order valence-electron chi connectivity index (χ0n) is 11.0. The number of fused-ring (bicyclic) bond motifs is 1. The average Bonchev–Trinajstić information content (AvgIpc) is 2.96. The van der Waals surface area contributed by atoms with Crippen molar-refractivity contribution in [2.24, 2.45) is 11.8 Å². The van der Waals surface area contributed by atoms with Crippen LogP contribution in [0.1, 0.15) is 12.1 Å². The molecule has 1 N–H and O–H groups in total. The maximum atomic E-state index is 12.2. The fourth-order valence-corrected chi connectivity index (χ4v) is 2.96. The number of hydrogen-bond donors (Lipinski definition) is 1. The van der Waals surface area contributed by atoms with E-state index in [1.807, 2.05) is 0 Å². The van der Waals surface area contributed by atoms with E-state index < -0.39 is 12.6 Å². The molecule has 4 nitrogen and oxygen atoms in total. The SMILES string of the molecule is FC(F)(F)CCc1ccnc(N2C[C@H]3CNC[C@H]3C2)n1. The van der Waals surface area contributed by atoms with Crippen LogP contribution in [0.3, 0.4) is 0 Å². The Morgan fingerprint density at radius 3 is 2.60 bits per heavy atom. The fourth-order valence-electron chi connectivity index (χ4n) is 2.96. The van der Waals surface area contributed by atoms with Crippen LogP contribution in [0, 0.1) is 11.8 Å². The summed E-state index contributed by atoms with van der Waals surface area (Å²) in [5.41, 5.74) is 0.461. The first-order valence-electron chi connectivity index (χ1n) is 6.85. The fraction of sp³-hybridized carbons (Fsp3) is 0.692. The third kappa shape index (κ3) is 3.03. The molecule has 3 rings (SSSR count). The highest BCUT2D eigenvalue weighted by Gasteiger charge is 2.37. The molecule has 0 bridgehead atoms. The summed E-state index contributed by atoms with van der Waals surface area (Å²) in [5, 5.41) is 3.35. The lowest BCUT2D eigenvalue weighted by Crippen LogP contribution is -2.27. The average molecular weight is 286 g/mol. The summed E-state index contributed by atoms with van der Waals surface area (Å²) in [4.78, 5) is 10.6. The summed E-state index contributed by atoms with van der Waals surface area (Å²) in [5.74, 6) is 1.79. The quantitative estimate of drug-likeness (QED) is 0.917. The van der Waals surface area contributed by atoms with E-state index in [9.17, 15) is 13.2 Å². The van der Waals surface area contributed by atoms with Gasteiger partial charge in [-0.2, -0.15) is 13.2 Å². The number of aromatic nitrogens is 2. The van der Waals surface area contributed by atoms with Gasteiger partial charge in [-0.1, -0.05) is 0 Å². The Labute approximate surface area is 115 Å². The van der Waals surface area contributed by atoms with Crippen molar-refractivity contribution in [3.8, 4) is 0 Å². The van der Waals surface area contributed by atoms with Crippen LogP contribution in [0.5, 0.6) is 0 Å². The topological polar surface area (TPSA) is 41.1 Å². The lowest BCUT2D eigenvalue weighted by Gasteiger charge is -2.17. The Morgan fingerprint density at radius 1 is 1.25 bits per heavy atom. The number of alkyl halides is 3. The van der Waals surface area contributed by atoms with Gasteiger partial charge < -0.3 is 10.2 Å². The molecule has 2 fully saturated rings. The van der Waals surface area contributed by atoms with Crippen LogP contribution in [-0.4, -0.2) is 42.3 Å². The Bertz CT molecular complexity index is 465. The number of anilines is 1. The van der Waals surface area contributed by atoms with Gasteiger partial charge in [-0.15, -0.1) is 0 Å². The van der Waals surface area contributed by atoms with Crippen LogP contribution in [0.2, 0.25) is 0 Å². The third-order valence-electron chi connectivity index (χ3n) is 4.04. The van der Waals surface area contributed by atoms with Gasteiger partial charge in [0.2, 0.25) is 5.95 Å². The Balaban J connectivity index is 1.66. The normalized spacial score (nSPS) is 26.1. The van der Waals surface area contributed by atoms with Crippen molar-refractivity contribution in [1.82, 2.24) is 15.3 Å². The highest BCUT2D eigenvalue weighted by Crippen LogP contribution is 2.29. The maximum Gasteiger partial charge on any atom is 0.389 e. The van der Waals surface area contributed by atoms with Gasteiger partial charge >= 0.3 is 6.18 Å². The molecule has 0 amide bonds. The van der Waals surface area contributed by atoms with Crippen LogP contribution in [0.4, 0.5) is 19.1 Å². The molecule has 2 atom stereocenters. The first-order chi connectivity index (χ1) is 9.51. The van der Waals surface area contributed by atoms with Gasteiger partial charge in [0.1, 0.15) is 0 Å². The van der Waals surface area contributed by atoms with E-state index in [1.165, 1.54) is 0 Å². The number of nitrogens with zero attached hydrogens (tertiary/aromatic N) is 3. The van der Waals surface area contributed by atoms with Gasteiger partial charge in [-0.25, -0.2) is 9.97 Å². The van der Waals surface area contributed by atoms with Crippen LogP contribution in [0.25, 0.3) is 0 Å². The van der Waals surface area contributed by atoms with Crippen molar-refractivity contribution in [3.05, 3.63) is 18.0 Å². The summed E-state index contributed by atoms with van der Waals surface area (Å²) in [7, 11) is 0. The van der Waals surface area contributed by atoms with E-state index in [0.29, 0.717) is 23.5 Å². The summed E-state index contributed by atoms with van der Waals surface area (Å²) in [6.45, 7) is 3.80. The molecule has 0 saturated carbocycles. The Hall–Kier alpha value is -1.37. The lowest BCUT2D eigenvalue weighted by molar-refractivity contribution is -0.134. The van der Waals surface area contributed by atoms with E-state index >= 15 is 0 Å². The first-order valence-corrected chi connectivity index (χ1v) is 6.85. The largest absolute Gasteiger partial charge is 0.389 e. The van der Waals surface area contributed by atoms with Crippen molar-refractivity contribution in [1.29, 1.82) is 0 Å². The van der Waals surface area contributed by atoms with Gasteiger partial charge in [0.25, 0.3) is 0 Å². The molecule has 2 saturated heterocycles. The zero-order valence-corrected chi connectivity index (χ0v) is 11.0.